The SMILES string of the molecule is Cc1cc(CN)cc(N2CCn3ccnc3C2)n1. The van der Waals surface area contributed by atoms with Gasteiger partial charge in [0.1, 0.15) is 11.6 Å². The molecular formula is C13H17N5. The summed E-state index contributed by atoms with van der Waals surface area (Å²) in [6, 6.07) is 4.11. The highest BCUT2D eigenvalue weighted by molar-refractivity contribution is 5.43. The van der Waals surface area contributed by atoms with Gasteiger partial charge in [-0.3, -0.25) is 0 Å². The van der Waals surface area contributed by atoms with Crippen molar-refractivity contribution >= 4 is 5.82 Å². The molecule has 0 saturated carbocycles. The highest BCUT2D eigenvalue weighted by atomic mass is 15.3. The van der Waals surface area contributed by atoms with Crippen LogP contribution in [-0.4, -0.2) is 21.1 Å². The van der Waals surface area contributed by atoms with Crippen molar-refractivity contribution in [3.8, 4) is 0 Å². The van der Waals surface area contributed by atoms with Gasteiger partial charge in [-0.05, 0) is 24.6 Å². The molecule has 0 fully saturated rings. The summed E-state index contributed by atoms with van der Waals surface area (Å²) in [7, 11) is 0. The molecule has 5 heteroatoms. The first-order valence-electron chi connectivity index (χ1n) is 6.19. The van der Waals surface area contributed by atoms with Crippen LogP contribution in [-0.2, 0) is 19.6 Å². The summed E-state index contributed by atoms with van der Waals surface area (Å²) in [5.41, 5.74) is 7.86. The Morgan fingerprint density at radius 3 is 3.06 bits per heavy atom. The first-order valence-corrected chi connectivity index (χ1v) is 6.19. The van der Waals surface area contributed by atoms with E-state index in [1.165, 1.54) is 0 Å². The molecule has 0 atom stereocenters. The monoisotopic (exact) mass is 243 g/mol. The summed E-state index contributed by atoms with van der Waals surface area (Å²) in [5, 5.41) is 0. The lowest BCUT2D eigenvalue weighted by Gasteiger charge is -2.29. The van der Waals surface area contributed by atoms with Gasteiger partial charge < -0.3 is 15.2 Å². The average molecular weight is 243 g/mol. The van der Waals surface area contributed by atoms with E-state index in [0.717, 1.165) is 42.5 Å². The molecule has 0 saturated heterocycles. The lowest BCUT2D eigenvalue weighted by atomic mass is 10.2. The molecule has 2 aromatic rings. The van der Waals surface area contributed by atoms with Crippen LogP contribution in [0, 0.1) is 6.92 Å². The molecule has 1 aliphatic heterocycles. The number of fused-ring (bicyclic) bond motifs is 1. The van der Waals surface area contributed by atoms with Gasteiger partial charge in [0.15, 0.2) is 0 Å². The topological polar surface area (TPSA) is 60.0 Å². The van der Waals surface area contributed by atoms with Crippen molar-refractivity contribution in [2.75, 3.05) is 11.4 Å². The number of nitrogens with zero attached hydrogens (tertiary/aromatic N) is 4. The van der Waals surface area contributed by atoms with Gasteiger partial charge in [-0.1, -0.05) is 0 Å². The van der Waals surface area contributed by atoms with E-state index < -0.39 is 0 Å². The normalized spacial score (nSPS) is 14.7. The van der Waals surface area contributed by atoms with Crippen molar-refractivity contribution in [3.63, 3.8) is 0 Å². The Balaban J connectivity index is 1.90. The number of hydrogen-bond acceptors (Lipinski definition) is 4. The second kappa shape index (κ2) is 4.42. The van der Waals surface area contributed by atoms with Gasteiger partial charge in [0.25, 0.3) is 0 Å². The van der Waals surface area contributed by atoms with Crippen molar-refractivity contribution < 1.29 is 0 Å². The molecule has 2 aromatic heterocycles. The van der Waals surface area contributed by atoms with Crippen molar-refractivity contribution in [1.82, 2.24) is 14.5 Å². The average Bonchev–Trinajstić information content (AvgIpc) is 2.85. The Hall–Kier alpha value is -1.88. The predicted octanol–water partition coefficient (Wildman–Crippen LogP) is 1.07. The molecule has 18 heavy (non-hydrogen) atoms. The first kappa shape index (κ1) is 11.2. The fourth-order valence-corrected chi connectivity index (χ4v) is 2.37. The molecule has 3 heterocycles. The second-order valence-corrected chi connectivity index (χ2v) is 4.64. The zero-order valence-corrected chi connectivity index (χ0v) is 10.5. The third-order valence-corrected chi connectivity index (χ3v) is 3.30. The number of nitrogens with two attached hydrogens (primary N) is 1. The number of hydrogen-bond donors (Lipinski definition) is 1. The van der Waals surface area contributed by atoms with E-state index in [1.807, 2.05) is 25.4 Å². The van der Waals surface area contributed by atoms with Crippen LogP contribution in [0.25, 0.3) is 0 Å². The molecular weight excluding hydrogens is 226 g/mol. The van der Waals surface area contributed by atoms with Crippen LogP contribution in [0.1, 0.15) is 17.1 Å². The van der Waals surface area contributed by atoms with Crippen molar-refractivity contribution in [3.05, 3.63) is 41.6 Å². The summed E-state index contributed by atoms with van der Waals surface area (Å²) in [5.74, 6) is 2.10. The smallest absolute Gasteiger partial charge is 0.129 e. The number of rotatable bonds is 2. The lowest BCUT2D eigenvalue weighted by molar-refractivity contribution is 0.555. The van der Waals surface area contributed by atoms with Gasteiger partial charge >= 0.3 is 0 Å². The maximum absolute atomic E-state index is 5.71. The van der Waals surface area contributed by atoms with E-state index >= 15 is 0 Å². The van der Waals surface area contributed by atoms with Crippen LogP contribution in [0.15, 0.2) is 24.5 Å². The summed E-state index contributed by atoms with van der Waals surface area (Å²) < 4.78 is 2.19. The molecule has 0 spiro atoms. The summed E-state index contributed by atoms with van der Waals surface area (Å²) >= 11 is 0. The fourth-order valence-electron chi connectivity index (χ4n) is 2.37. The quantitative estimate of drug-likeness (QED) is 0.857. The molecule has 0 radical (unpaired) electrons. The number of anilines is 1. The van der Waals surface area contributed by atoms with E-state index in [-0.39, 0.29) is 0 Å². The molecule has 94 valence electrons. The minimum atomic E-state index is 0.554. The van der Waals surface area contributed by atoms with Gasteiger partial charge in [-0.2, -0.15) is 0 Å². The van der Waals surface area contributed by atoms with Crippen LogP contribution in [0.4, 0.5) is 5.82 Å². The van der Waals surface area contributed by atoms with Crippen LogP contribution in [0.2, 0.25) is 0 Å². The van der Waals surface area contributed by atoms with Crippen LogP contribution in [0.5, 0.6) is 0 Å². The number of pyridine rings is 1. The molecule has 0 amide bonds. The van der Waals surface area contributed by atoms with Crippen LogP contribution >= 0.6 is 0 Å². The Morgan fingerprint density at radius 1 is 1.33 bits per heavy atom. The van der Waals surface area contributed by atoms with E-state index in [9.17, 15) is 0 Å². The van der Waals surface area contributed by atoms with E-state index in [2.05, 4.69) is 25.5 Å². The van der Waals surface area contributed by atoms with Crippen molar-refractivity contribution in [2.45, 2.75) is 26.6 Å². The zero-order valence-electron chi connectivity index (χ0n) is 10.5. The highest BCUT2D eigenvalue weighted by Gasteiger charge is 2.18. The van der Waals surface area contributed by atoms with Gasteiger partial charge in [-0.25, -0.2) is 9.97 Å². The van der Waals surface area contributed by atoms with Gasteiger partial charge in [0, 0.05) is 37.7 Å². The molecule has 0 unspecified atom stereocenters. The molecule has 0 aliphatic carbocycles. The Kier molecular flexibility index (Phi) is 2.76. The largest absolute Gasteiger partial charge is 0.347 e. The first-order chi connectivity index (χ1) is 8.76. The Bertz CT molecular complexity index is 560. The standard InChI is InChI=1S/C13H17N5/c1-10-6-11(8-14)7-12(16-10)18-5-4-17-3-2-15-13(17)9-18/h2-3,6-7H,4-5,8-9,14H2,1H3. The lowest BCUT2D eigenvalue weighted by Crippen LogP contribution is -2.34. The van der Waals surface area contributed by atoms with Crippen molar-refractivity contribution in [1.29, 1.82) is 0 Å². The Labute approximate surface area is 106 Å². The Morgan fingerprint density at radius 2 is 2.22 bits per heavy atom. The molecule has 3 rings (SSSR count). The molecule has 0 bridgehead atoms. The number of imidazole rings is 1. The molecule has 2 N–H and O–H groups in total. The van der Waals surface area contributed by atoms with Gasteiger partial charge in [-0.15, -0.1) is 0 Å². The highest BCUT2D eigenvalue weighted by Crippen LogP contribution is 2.20. The maximum atomic E-state index is 5.71. The zero-order chi connectivity index (χ0) is 12.5. The van der Waals surface area contributed by atoms with Crippen LogP contribution in [0.3, 0.4) is 0 Å². The van der Waals surface area contributed by atoms with E-state index in [1.54, 1.807) is 0 Å². The maximum Gasteiger partial charge on any atom is 0.129 e. The molecule has 1 aliphatic rings. The number of aryl methyl sites for hydroxylation is 1. The summed E-state index contributed by atoms with van der Waals surface area (Å²) in [6.07, 6.45) is 3.88. The summed E-state index contributed by atoms with van der Waals surface area (Å²) in [4.78, 5) is 11.2. The van der Waals surface area contributed by atoms with E-state index in [0.29, 0.717) is 6.54 Å². The number of aromatic nitrogens is 3. The molecule has 5 nitrogen and oxygen atoms in total. The predicted molar refractivity (Wildman–Crippen MR) is 70.1 cm³/mol. The minimum absolute atomic E-state index is 0.554. The van der Waals surface area contributed by atoms with Crippen LogP contribution < -0.4 is 10.6 Å². The summed E-state index contributed by atoms with van der Waals surface area (Å²) in [6.45, 7) is 5.30. The van der Waals surface area contributed by atoms with Gasteiger partial charge in [0.2, 0.25) is 0 Å². The second-order valence-electron chi connectivity index (χ2n) is 4.64. The van der Waals surface area contributed by atoms with E-state index in [4.69, 9.17) is 5.73 Å². The molecule has 0 aromatic carbocycles. The fraction of sp³-hybridized carbons (Fsp3) is 0.385. The third-order valence-electron chi connectivity index (χ3n) is 3.30. The van der Waals surface area contributed by atoms with Crippen molar-refractivity contribution in [2.24, 2.45) is 5.73 Å². The van der Waals surface area contributed by atoms with Gasteiger partial charge in [0.05, 0.1) is 6.54 Å². The minimum Gasteiger partial charge on any atom is -0.347 e. The third kappa shape index (κ3) is 1.97.